The summed E-state index contributed by atoms with van der Waals surface area (Å²) in [5, 5.41) is 0. The van der Waals surface area contributed by atoms with Crippen molar-refractivity contribution in [3.05, 3.63) is 0 Å². The molecule has 0 aliphatic carbocycles. The first-order chi connectivity index (χ1) is 6.69. The lowest BCUT2D eigenvalue weighted by Gasteiger charge is -2.40. The summed E-state index contributed by atoms with van der Waals surface area (Å²) in [4.78, 5) is 2.56. The molecule has 0 aromatic heterocycles. The Kier molecular flexibility index (Phi) is 2.82. The van der Waals surface area contributed by atoms with E-state index in [1.54, 1.807) is 0 Å². The van der Waals surface area contributed by atoms with Crippen molar-refractivity contribution in [2.45, 2.75) is 38.3 Å². The Balaban J connectivity index is 2.11. The summed E-state index contributed by atoms with van der Waals surface area (Å²) >= 11 is 0. The molecular weight excluding hydrogens is 176 g/mol. The molecule has 2 aliphatic rings. The Morgan fingerprint density at radius 3 is 2.71 bits per heavy atom. The molecule has 0 bridgehead atoms. The van der Waals surface area contributed by atoms with Crippen molar-refractivity contribution in [2.24, 2.45) is 11.7 Å². The van der Waals surface area contributed by atoms with Crippen molar-refractivity contribution in [2.75, 3.05) is 26.2 Å². The summed E-state index contributed by atoms with van der Waals surface area (Å²) in [7, 11) is 0. The molecule has 0 amide bonds. The zero-order valence-electron chi connectivity index (χ0n) is 9.33. The molecule has 2 N–H and O–H groups in total. The number of hydrogen-bond donors (Lipinski definition) is 1. The van der Waals surface area contributed by atoms with Crippen molar-refractivity contribution in [1.82, 2.24) is 4.90 Å². The minimum absolute atomic E-state index is 0.144. The number of hydrogen-bond acceptors (Lipinski definition) is 3. The van der Waals surface area contributed by atoms with Gasteiger partial charge in [-0.3, -0.25) is 4.90 Å². The van der Waals surface area contributed by atoms with Gasteiger partial charge in [0.1, 0.15) is 0 Å². The summed E-state index contributed by atoms with van der Waals surface area (Å²) in [6, 6.07) is 0. The SMILES string of the molecule is CC1CCN(C2(CN)CCOC2C)C1. The van der Waals surface area contributed by atoms with E-state index in [4.69, 9.17) is 10.5 Å². The van der Waals surface area contributed by atoms with Gasteiger partial charge in [-0.1, -0.05) is 6.92 Å². The average Bonchev–Trinajstić information content (AvgIpc) is 2.73. The Hall–Kier alpha value is -0.120. The highest BCUT2D eigenvalue weighted by molar-refractivity contribution is 5.02. The zero-order valence-corrected chi connectivity index (χ0v) is 9.33. The molecule has 2 saturated heterocycles. The molecule has 2 heterocycles. The molecule has 3 heteroatoms. The van der Waals surface area contributed by atoms with E-state index < -0.39 is 0 Å². The molecule has 3 nitrogen and oxygen atoms in total. The van der Waals surface area contributed by atoms with Crippen LogP contribution in [0.3, 0.4) is 0 Å². The zero-order chi connectivity index (χ0) is 10.2. The molecule has 0 aromatic carbocycles. The van der Waals surface area contributed by atoms with E-state index in [0.29, 0.717) is 6.10 Å². The molecule has 14 heavy (non-hydrogen) atoms. The first-order valence-electron chi connectivity index (χ1n) is 5.76. The smallest absolute Gasteiger partial charge is 0.0743 e. The molecule has 82 valence electrons. The quantitative estimate of drug-likeness (QED) is 0.714. The lowest BCUT2D eigenvalue weighted by Crippen LogP contribution is -2.57. The summed E-state index contributed by atoms with van der Waals surface area (Å²) in [5.74, 6) is 0.825. The van der Waals surface area contributed by atoms with Crippen LogP contribution < -0.4 is 5.73 Å². The highest BCUT2D eigenvalue weighted by Gasteiger charge is 2.46. The molecule has 0 spiro atoms. The topological polar surface area (TPSA) is 38.5 Å². The maximum Gasteiger partial charge on any atom is 0.0743 e. The van der Waals surface area contributed by atoms with Crippen molar-refractivity contribution in [1.29, 1.82) is 0 Å². The van der Waals surface area contributed by atoms with Crippen LogP contribution in [-0.4, -0.2) is 42.8 Å². The Labute approximate surface area is 86.6 Å². The second-order valence-electron chi connectivity index (χ2n) is 4.91. The molecule has 3 atom stereocenters. The molecule has 2 rings (SSSR count). The fraction of sp³-hybridized carbons (Fsp3) is 1.00. The van der Waals surface area contributed by atoms with E-state index in [1.165, 1.54) is 19.5 Å². The van der Waals surface area contributed by atoms with Crippen LogP contribution >= 0.6 is 0 Å². The van der Waals surface area contributed by atoms with Gasteiger partial charge in [0, 0.05) is 19.7 Å². The first-order valence-corrected chi connectivity index (χ1v) is 5.76. The second-order valence-corrected chi connectivity index (χ2v) is 4.91. The van der Waals surface area contributed by atoms with E-state index in [2.05, 4.69) is 18.7 Å². The van der Waals surface area contributed by atoms with Gasteiger partial charge >= 0.3 is 0 Å². The molecular formula is C11H22N2O. The van der Waals surface area contributed by atoms with Gasteiger partial charge in [-0.15, -0.1) is 0 Å². The maximum atomic E-state index is 5.96. The van der Waals surface area contributed by atoms with Gasteiger partial charge in [0.25, 0.3) is 0 Å². The predicted octanol–water partition coefficient (Wildman–Crippen LogP) is 0.834. The lowest BCUT2D eigenvalue weighted by molar-refractivity contribution is 0.0256. The van der Waals surface area contributed by atoms with Gasteiger partial charge in [-0.2, -0.15) is 0 Å². The predicted molar refractivity (Wildman–Crippen MR) is 57.2 cm³/mol. The summed E-state index contributed by atoms with van der Waals surface area (Å²) < 4.78 is 5.69. The van der Waals surface area contributed by atoms with Crippen molar-refractivity contribution >= 4 is 0 Å². The first kappa shape index (κ1) is 10.4. The Bertz CT molecular complexity index is 209. The Morgan fingerprint density at radius 2 is 2.29 bits per heavy atom. The van der Waals surface area contributed by atoms with Gasteiger partial charge in [-0.05, 0) is 32.2 Å². The largest absolute Gasteiger partial charge is 0.376 e. The average molecular weight is 198 g/mol. The highest BCUT2D eigenvalue weighted by Crippen LogP contribution is 2.35. The third-order valence-corrected chi connectivity index (χ3v) is 4.07. The van der Waals surface area contributed by atoms with Crippen LogP contribution in [0, 0.1) is 5.92 Å². The van der Waals surface area contributed by atoms with Crippen LogP contribution in [0.4, 0.5) is 0 Å². The molecule has 2 aliphatic heterocycles. The monoisotopic (exact) mass is 198 g/mol. The number of ether oxygens (including phenoxy) is 1. The van der Waals surface area contributed by atoms with Gasteiger partial charge in [0.2, 0.25) is 0 Å². The van der Waals surface area contributed by atoms with E-state index in [1.807, 2.05) is 0 Å². The fourth-order valence-corrected chi connectivity index (χ4v) is 2.92. The van der Waals surface area contributed by atoms with Crippen molar-refractivity contribution < 1.29 is 4.74 Å². The molecule has 2 fully saturated rings. The molecule has 0 aromatic rings. The number of rotatable bonds is 2. The van der Waals surface area contributed by atoms with Crippen LogP contribution in [0.1, 0.15) is 26.7 Å². The standard InChI is InChI=1S/C11H22N2O/c1-9-3-5-13(7-9)11(8-12)4-6-14-10(11)2/h9-10H,3-8,12H2,1-2H3. The number of nitrogens with two attached hydrogens (primary N) is 1. The van der Waals surface area contributed by atoms with Crippen molar-refractivity contribution in [3.63, 3.8) is 0 Å². The lowest BCUT2D eigenvalue weighted by atomic mass is 9.90. The minimum atomic E-state index is 0.144. The van der Waals surface area contributed by atoms with E-state index in [-0.39, 0.29) is 5.54 Å². The van der Waals surface area contributed by atoms with E-state index in [0.717, 1.165) is 25.5 Å². The van der Waals surface area contributed by atoms with E-state index >= 15 is 0 Å². The third-order valence-electron chi connectivity index (χ3n) is 4.07. The van der Waals surface area contributed by atoms with E-state index in [9.17, 15) is 0 Å². The normalized spacial score (nSPS) is 44.8. The van der Waals surface area contributed by atoms with Crippen LogP contribution in [0.25, 0.3) is 0 Å². The minimum Gasteiger partial charge on any atom is -0.376 e. The summed E-state index contributed by atoms with van der Waals surface area (Å²) in [6.45, 7) is 8.51. The fourth-order valence-electron chi connectivity index (χ4n) is 2.92. The summed E-state index contributed by atoms with van der Waals surface area (Å²) in [5.41, 5.74) is 6.11. The molecule has 0 saturated carbocycles. The van der Waals surface area contributed by atoms with Gasteiger partial charge in [0.15, 0.2) is 0 Å². The number of nitrogens with zero attached hydrogens (tertiary/aromatic N) is 1. The second kappa shape index (κ2) is 3.80. The van der Waals surface area contributed by atoms with Crippen molar-refractivity contribution in [3.8, 4) is 0 Å². The van der Waals surface area contributed by atoms with Crippen LogP contribution in [0.2, 0.25) is 0 Å². The third kappa shape index (κ3) is 1.47. The van der Waals surface area contributed by atoms with Crippen LogP contribution in [0.5, 0.6) is 0 Å². The van der Waals surface area contributed by atoms with Gasteiger partial charge in [0.05, 0.1) is 11.6 Å². The number of likely N-dealkylation sites (tertiary alicyclic amines) is 1. The highest BCUT2D eigenvalue weighted by atomic mass is 16.5. The van der Waals surface area contributed by atoms with Crippen LogP contribution in [0.15, 0.2) is 0 Å². The van der Waals surface area contributed by atoms with Gasteiger partial charge in [-0.25, -0.2) is 0 Å². The molecule has 0 radical (unpaired) electrons. The van der Waals surface area contributed by atoms with Crippen LogP contribution in [-0.2, 0) is 4.74 Å². The Morgan fingerprint density at radius 1 is 1.50 bits per heavy atom. The maximum absolute atomic E-state index is 5.96. The molecule has 3 unspecified atom stereocenters. The van der Waals surface area contributed by atoms with Gasteiger partial charge < -0.3 is 10.5 Å². The summed E-state index contributed by atoms with van der Waals surface area (Å²) in [6.07, 6.45) is 2.73.